The van der Waals surface area contributed by atoms with Gasteiger partial charge in [0.1, 0.15) is 24.7 Å². The molecule has 6 nitrogen and oxygen atoms in total. The number of hydrogen-bond acceptors (Lipinski definition) is 6. The normalized spacial score (nSPS) is 18.8. The first kappa shape index (κ1) is 26.6. The number of Topliss-reactive ketones (excluding diaryl/α,β-unsaturated/α-hetero) is 1. The van der Waals surface area contributed by atoms with Crippen LogP contribution in [0.3, 0.4) is 0 Å². The van der Waals surface area contributed by atoms with Crippen LogP contribution in [0.2, 0.25) is 5.02 Å². The van der Waals surface area contributed by atoms with Gasteiger partial charge in [-0.1, -0.05) is 54.1 Å². The van der Waals surface area contributed by atoms with E-state index in [9.17, 15) is 9.59 Å². The van der Waals surface area contributed by atoms with Gasteiger partial charge in [-0.15, -0.1) is 0 Å². The predicted molar refractivity (Wildman–Crippen MR) is 150 cm³/mol. The van der Waals surface area contributed by atoms with Gasteiger partial charge in [0, 0.05) is 34.3 Å². The van der Waals surface area contributed by atoms with Crippen LogP contribution in [0.1, 0.15) is 42.7 Å². The van der Waals surface area contributed by atoms with Gasteiger partial charge in [-0.05, 0) is 66.8 Å². The van der Waals surface area contributed by atoms with Gasteiger partial charge in [0.25, 0.3) is 0 Å². The second-order valence-electron chi connectivity index (χ2n) is 9.64. The summed E-state index contributed by atoms with van der Waals surface area (Å²) in [5, 5.41) is 3.97. The molecule has 2 aliphatic rings. The van der Waals surface area contributed by atoms with E-state index in [4.69, 9.17) is 25.8 Å². The average Bonchev–Trinajstić information content (AvgIpc) is 2.95. The van der Waals surface area contributed by atoms with Gasteiger partial charge in [-0.2, -0.15) is 0 Å². The quantitative estimate of drug-likeness (QED) is 0.264. The maximum atomic E-state index is 13.7. The third-order valence-corrected chi connectivity index (χ3v) is 7.42. The summed E-state index contributed by atoms with van der Waals surface area (Å²) in [4.78, 5) is 27.2. The predicted octanol–water partition coefficient (Wildman–Crippen LogP) is 6.33. The van der Waals surface area contributed by atoms with Crippen molar-refractivity contribution in [2.75, 3.05) is 20.3 Å². The molecule has 0 saturated heterocycles. The number of allylic oxidation sites excluding steroid dienone is 3. The van der Waals surface area contributed by atoms with Gasteiger partial charge < -0.3 is 19.5 Å². The fourth-order valence-electron chi connectivity index (χ4n) is 5.30. The number of para-hydroxylation sites is 1. The number of carbonyl (C=O) groups is 2. The molecular weight excluding hydrogens is 514 g/mol. The van der Waals surface area contributed by atoms with E-state index in [2.05, 4.69) is 5.32 Å². The molecule has 0 bridgehead atoms. The van der Waals surface area contributed by atoms with Gasteiger partial charge in [-0.3, -0.25) is 4.79 Å². The van der Waals surface area contributed by atoms with Crippen molar-refractivity contribution in [1.29, 1.82) is 0 Å². The molecule has 0 amide bonds. The highest BCUT2D eigenvalue weighted by Crippen LogP contribution is 2.46. The Labute approximate surface area is 233 Å². The van der Waals surface area contributed by atoms with Crippen molar-refractivity contribution >= 4 is 23.4 Å². The van der Waals surface area contributed by atoms with Gasteiger partial charge in [0.15, 0.2) is 5.78 Å². The largest absolute Gasteiger partial charge is 0.497 e. The van der Waals surface area contributed by atoms with Crippen LogP contribution in [0.25, 0.3) is 0 Å². The van der Waals surface area contributed by atoms with Crippen molar-refractivity contribution < 1.29 is 23.8 Å². The number of ketones is 1. The molecule has 0 aromatic heterocycles. The molecule has 200 valence electrons. The Kier molecular flexibility index (Phi) is 8.03. The van der Waals surface area contributed by atoms with Crippen LogP contribution in [0.5, 0.6) is 11.5 Å². The Bertz CT molecular complexity index is 1410. The smallest absolute Gasteiger partial charge is 0.336 e. The molecule has 5 rings (SSSR count). The van der Waals surface area contributed by atoms with Crippen LogP contribution in [-0.4, -0.2) is 32.1 Å². The molecule has 1 N–H and O–H groups in total. The highest BCUT2D eigenvalue weighted by molar-refractivity contribution is 6.30. The summed E-state index contributed by atoms with van der Waals surface area (Å²) in [6, 6.07) is 24.5. The van der Waals surface area contributed by atoms with E-state index in [1.165, 1.54) is 0 Å². The Morgan fingerprint density at radius 3 is 2.28 bits per heavy atom. The van der Waals surface area contributed by atoms with Crippen LogP contribution in [-0.2, 0) is 14.3 Å². The summed E-state index contributed by atoms with van der Waals surface area (Å²) < 4.78 is 16.6. The molecule has 39 heavy (non-hydrogen) atoms. The number of carbonyl (C=O) groups excluding carboxylic acids is 2. The molecule has 1 aliphatic heterocycles. The van der Waals surface area contributed by atoms with E-state index in [0.717, 1.165) is 22.6 Å². The monoisotopic (exact) mass is 543 g/mol. The molecule has 1 heterocycles. The van der Waals surface area contributed by atoms with Gasteiger partial charge in [-0.25, -0.2) is 4.79 Å². The Hall–Kier alpha value is -4.03. The topological polar surface area (TPSA) is 73.9 Å². The lowest BCUT2D eigenvalue weighted by molar-refractivity contribution is -0.140. The summed E-state index contributed by atoms with van der Waals surface area (Å²) in [6.45, 7) is 2.15. The Morgan fingerprint density at radius 2 is 1.59 bits per heavy atom. The number of ether oxygens (including phenoxy) is 3. The van der Waals surface area contributed by atoms with Crippen molar-refractivity contribution in [2.24, 2.45) is 0 Å². The average molecular weight is 544 g/mol. The number of halogens is 1. The minimum Gasteiger partial charge on any atom is -0.497 e. The van der Waals surface area contributed by atoms with Crippen LogP contribution in [0.15, 0.2) is 101 Å². The molecule has 3 aromatic carbocycles. The lowest BCUT2D eigenvalue weighted by Gasteiger charge is -2.36. The maximum absolute atomic E-state index is 13.7. The standard InChI is InChI=1S/C32H30ClNO5/c1-20-29(32(36)39-17-16-38-26-6-4-3-5-7-26)30(22-8-12-24(33)13-9-22)31-27(34-20)18-23(19-28(31)35)21-10-14-25(37-2)15-11-21/h3-15,23,30,34H,16-19H2,1-2H3. The molecule has 0 radical (unpaired) electrons. The molecule has 0 saturated carbocycles. The minimum absolute atomic E-state index is 0.00901. The Balaban J connectivity index is 1.40. The van der Waals surface area contributed by atoms with Crippen molar-refractivity contribution in [3.8, 4) is 11.5 Å². The number of dihydropyridines is 1. The zero-order valence-corrected chi connectivity index (χ0v) is 22.7. The first-order valence-electron chi connectivity index (χ1n) is 12.9. The number of benzene rings is 3. The summed E-state index contributed by atoms with van der Waals surface area (Å²) in [7, 11) is 1.63. The lowest BCUT2D eigenvalue weighted by Crippen LogP contribution is -2.36. The van der Waals surface area contributed by atoms with E-state index in [-0.39, 0.29) is 24.9 Å². The molecule has 7 heteroatoms. The number of nitrogens with one attached hydrogen (secondary N) is 1. The van der Waals surface area contributed by atoms with E-state index < -0.39 is 11.9 Å². The molecule has 2 atom stereocenters. The lowest BCUT2D eigenvalue weighted by atomic mass is 9.72. The summed E-state index contributed by atoms with van der Waals surface area (Å²) >= 11 is 6.17. The highest BCUT2D eigenvalue weighted by atomic mass is 35.5. The molecule has 0 spiro atoms. The minimum atomic E-state index is -0.551. The van der Waals surface area contributed by atoms with Gasteiger partial charge in [0.05, 0.1) is 12.7 Å². The van der Waals surface area contributed by atoms with Gasteiger partial charge >= 0.3 is 5.97 Å². The number of methoxy groups -OCH3 is 1. The summed E-state index contributed by atoms with van der Waals surface area (Å²) in [5.74, 6) is 0.483. The van der Waals surface area contributed by atoms with E-state index in [1.54, 1.807) is 19.2 Å². The van der Waals surface area contributed by atoms with Crippen LogP contribution < -0.4 is 14.8 Å². The zero-order chi connectivity index (χ0) is 27.4. The number of hydrogen-bond donors (Lipinski definition) is 1. The molecule has 2 unspecified atom stereocenters. The fraction of sp³-hybridized carbons (Fsp3) is 0.250. The highest BCUT2D eigenvalue weighted by Gasteiger charge is 2.41. The third-order valence-electron chi connectivity index (χ3n) is 7.17. The van der Waals surface area contributed by atoms with E-state index in [1.807, 2.05) is 73.7 Å². The Morgan fingerprint density at radius 1 is 0.897 bits per heavy atom. The second-order valence-corrected chi connectivity index (χ2v) is 10.1. The second kappa shape index (κ2) is 11.8. The SMILES string of the molecule is COc1ccc(C2CC(=O)C3=C(C2)NC(C)=C(C(=O)OCCOc2ccccc2)C3c2ccc(Cl)cc2)cc1. The van der Waals surface area contributed by atoms with Crippen molar-refractivity contribution in [3.63, 3.8) is 0 Å². The first-order valence-corrected chi connectivity index (χ1v) is 13.3. The molecule has 3 aromatic rings. The fourth-order valence-corrected chi connectivity index (χ4v) is 5.42. The molecule has 1 aliphatic carbocycles. The maximum Gasteiger partial charge on any atom is 0.336 e. The van der Waals surface area contributed by atoms with E-state index in [0.29, 0.717) is 40.5 Å². The molecular formula is C32H30ClNO5. The summed E-state index contributed by atoms with van der Waals surface area (Å²) in [5.41, 5.74) is 4.44. The first-order chi connectivity index (χ1) is 18.9. The van der Waals surface area contributed by atoms with Gasteiger partial charge in [0.2, 0.25) is 0 Å². The van der Waals surface area contributed by atoms with Crippen LogP contribution in [0.4, 0.5) is 0 Å². The molecule has 0 fully saturated rings. The van der Waals surface area contributed by atoms with Crippen LogP contribution in [0, 0.1) is 0 Å². The van der Waals surface area contributed by atoms with Crippen LogP contribution >= 0.6 is 11.6 Å². The van der Waals surface area contributed by atoms with Crippen molar-refractivity contribution in [2.45, 2.75) is 31.6 Å². The van der Waals surface area contributed by atoms with Crippen molar-refractivity contribution in [3.05, 3.63) is 118 Å². The number of esters is 1. The third kappa shape index (κ3) is 5.86. The summed E-state index contributed by atoms with van der Waals surface area (Å²) in [6.07, 6.45) is 1.01. The van der Waals surface area contributed by atoms with E-state index >= 15 is 0 Å². The van der Waals surface area contributed by atoms with Crippen molar-refractivity contribution in [1.82, 2.24) is 5.32 Å². The zero-order valence-electron chi connectivity index (χ0n) is 21.9. The number of rotatable bonds is 8.